The van der Waals surface area contributed by atoms with Crippen LogP contribution in [0.4, 0.5) is 4.39 Å². The summed E-state index contributed by atoms with van der Waals surface area (Å²) in [7, 11) is 0. The van der Waals surface area contributed by atoms with E-state index in [1.165, 1.54) is 10.6 Å². The average molecular weight is 297 g/mol. The Kier molecular flexibility index (Phi) is 4.61. The normalized spacial score (nSPS) is 12.6. The molecule has 108 valence electrons. The summed E-state index contributed by atoms with van der Waals surface area (Å²) in [4.78, 5) is 11.9. The molecule has 0 aliphatic heterocycles. The van der Waals surface area contributed by atoms with Gasteiger partial charge in [-0.1, -0.05) is 13.0 Å². The van der Waals surface area contributed by atoms with Crippen molar-refractivity contribution in [2.75, 3.05) is 0 Å². The topological polar surface area (TPSA) is 70.9 Å². The molecule has 0 aliphatic rings. The van der Waals surface area contributed by atoms with Crippen LogP contribution in [0.25, 0.3) is 0 Å². The summed E-state index contributed by atoms with van der Waals surface area (Å²) in [5, 5.41) is 16.1. The number of H-pyrrole nitrogens is 1. The molecule has 0 unspecified atom stereocenters. The molecule has 7 heteroatoms. The largest absolute Gasteiger partial charge is 0.389 e. The lowest BCUT2D eigenvalue weighted by Crippen LogP contribution is -2.17. The molecule has 0 fully saturated rings. The monoisotopic (exact) mass is 297 g/mol. The number of aromatic nitrogens is 3. The number of hydrogen-bond acceptors (Lipinski definition) is 4. The van der Waals surface area contributed by atoms with Crippen molar-refractivity contribution in [2.45, 2.75) is 43.0 Å². The van der Waals surface area contributed by atoms with Crippen LogP contribution in [0.15, 0.2) is 33.0 Å². The molecule has 2 aromatic rings. The van der Waals surface area contributed by atoms with Crippen molar-refractivity contribution in [3.8, 4) is 0 Å². The third-order valence-electron chi connectivity index (χ3n) is 2.81. The molecular weight excluding hydrogens is 281 g/mol. The molecule has 0 spiro atoms. The Hall–Kier alpha value is -1.60. The van der Waals surface area contributed by atoms with E-state index in [1.54, 1.807) is 19.1 Å². The molecule has 20 heavy (non-hydrogen) atoms. The van der Waals surface area contributed by atoms with Crippen LogP contribution in [0.1, 0.15) is 31.9 Å². The third-order valence-corrected chi connectivity index (χ3v) is 3.86. The molecule has 0 saturated heterocycles. The zero-order valence-corrected chi connectivity index (χ0v) is 12.1. The predicted molar refractivity (Wildman–Crippen MR) is 74.3 cm³/mol. The van der Waals surface area contributed by atoms with Gasteiger partial charge in [0.2, 0.25) is 0 Å². The molecule has 1 atom stereocenters. The summed E-state index contributed by atoms with van der Waals surface area (Å²) >= 11 is 1.09. The number of rotatable bonds is 5. The lowest BCUT2D eigenvalue weighted by Gasteiger charge is -2.08. The van der Waals surface area contributed by atoms with E-state index in [0.29, 0.717) is 22.2 Å². The van der Waals surface area contributed by atoms with Crippen molar-refractivity contribution in [3.63, 3.8) is 0 Å². The van der Waals surface area contributed by atoms with Crippen molar-refractivity contribution in [3.05, 3.63) is 40.1 Å². The fourth-order valence-corrected chi connectivity index (χ4v) is 2.62. The van der Waals surface area contributed by atoms with Crippen LogP contribution in [0.5, 0.6) is 0 Å². The van der Waals surface area contributed by atoms with Gasteiger partial charge in [-0.25, -0.2) is 14.3 Å². The van der Waals surface area contributed by atoms with Crippen molar-refractivity contribution in [2.24, 2.45) is 0 Å². The van der Waals surface area contributed by atoms with Gasteiger partial charge in [-0.2, -0.15) is 0 Å². The fourth-order valence-electron chi connectivity index (χ4n) is 1.76. The first-order chi connectivity index (χ1) is 9.52. The first kappa shape index (κ1) is 14.8. The highest BCUT2D eigenvalue weighted by Crippen LogP contribution is 2.29. The van der Waals surface area contributed by atoms with E-state index in [2.05, 4.69) is 10.2 Å². The molecule has 1 heterocycles. The Morgan fingerprint density at radius 2 is 2.30 bits per heavy atom. The highest BCUT2D eigenvalue weighted by molar-refractivity contribution is 7.99. The maximum atomic E-state index is 14.0. The van der Waals surface area contributed by atoms with Crippen molar-refractivity contribution in [1.82, 2.24) is 14.8 Å². The minimum atomic E-state index is -0.716. The van der Waals surface area contributed by atoms with Gasteiger partial charge in [0.1, 0.15) is 5.82 Å². The molecule has 0 radical (unpaired) electrons. The average Bonchev–Trinajstić information content (AvgIpc) is 2.74. The Balaban J connectivity index is 2.28. The third kappa shape index (κ3) is 3.10. The molecule has 0 amide bonds. The van der Waals surface area contributed by atoms with E-state index in [1.807, 2.05) is 6.92 Å². The second kappa shape index (κ2) is 6.23. The smallest absolute Gasteiger partial charge is 0.343 e. The number of aliphatic hydroxyl groups excluding tert-OH is 1. The number of aromatic amines is 1. The number of benzene rings is 1. The van der Waals surface area contributed by atoms with Crippen LogP contribution < -0.4 is 5.69 Å². The van der Waals surface area contributed by atoms with E-state index >= 15 is 0 Å². The maximum absolute atomic E-state index is 14.0. The molecule has 2 N–H and O–H groups in total. The van der Waals surface area contributed by atoms with Crippen molar-refractivity contribution >= 4 is 11.8 Å². The lowest BCUT2D eigenvalue weighted by molar-refractivity contribution is 0.198. The Morgan fingerprint density at radius 3 is 2.90 bits per heavy atom. The summed E-state index contributed by atoms with van der Waals surface area (Å²) < 4.78 is 15.4. The van der Waals surface area contributed by atoms with E-state index in [0.717, 1.165) is 18.2 Å². The van der Waals surface area contributed by atoms with Crippen LogP contribution in [0.3, 0.4) is 0 Å². The standard InChI is InChI=1S/C13H16FN3O2S/c1-3-6-17-12(19)15-16-13(17)20-11-5-4-9(8(2)18)7-10(11)14/h4-5,7-8,18H,3,6H2,1-2H3,(H,15,19)/t8-/m1/s1. The van der Waals surface area contributed by atoms with E-state index in [9.17, 15) is 14.3 Å². The van der Waals surface area contributed by atoms with Crippen LogP contribution in [-0.2, 0) is 6.54 Å². The van der Waals surface area contributed by atoms with Gasteiger partial charge in [-0.15, -0.1) is 5.10 Å². The summed E-state index contributed by atoms with van der Waals surface area (Å²) in [5.74, 6) is -0.438. The number of nitrogens with one attached hydrogen (secondary N) is 1. The molecule has 0 aliphatic carbocycles. The SMILES string of the molecule is CCCn1c(Sc2ccc([C@@H](C)O)cc2F)n[nH]c1=O. The zero-order chi connectivity index (χ0) is 14.7. The summed E-state index contributed by atoms with van der Waals surface area (Å²) in [6.45, 7) is 4.06. The van der Waals surface area contributed by atoms with Gasteiger partial charge >= 0.3 is 5.69 Å². The van der Waals surface area contributed by atoms with Gasteiger partial charge in [-0.3, -0.25) is 4.57 Å². The van der Waals surface area contributed by atoms with Gasteiger partial charge in [-0.05, 0) is 42.8 Å². The van der Waals surface area contributed by atoms with Crippen LogP contribution in [0, 0.1) is 5.82 Å². The van der Waals surface area contributed by atoms with Gasteiger partial charge < -0.3 is 5.11 Å². The van der Waals surface area contributed by atoms with Crippen molar-refractivity contribution in [1.29, 1.82) is 0 Å². The lowest BCUT2D eigenvalue weighted by atomic mass is 10.1. The molecule has 2 rings (SSSR count). The molecular formula is C13H16FN3O2S. The van der Waals surface area contributed by atoms with Crippen LogP contribution in [-0.4, -0.2) is 19.9 Å². The van der Waals surface area contributed by atoms with Gasteiger partial charge in [0.05, 0.1) is 11.0 Å². The quantitative estimate of drug-likeness (QED) is 0.888. The van der Waals surface area contributed by atoms with E-state index < -0.39 is 11.9 Å². The second-order valence-corrected chi connectivity index (χ2v) is 5.44. The number of hydrogen-bond donors (Lipinski definition) is 2. The molecule has 1 aromatic heterocycles. The van der Waals surface area contributed by atoms with E-state index in [4.69, 9.17) is 0 Å². The fraction of sp³-hybridized carbons (Fsp3) is 0.385. The van der Waals surface area contributed by atoms with Crippen LogP contribution in [0.2, 0.25) is 0 Å². The highest BCUT2D eigenvalue weighted by atomic mass is 32.2. The minimum Gasteiger partial charge on any atom is -0.389 e. The summed E-state index contributed by atoms with van der Waals surface area (Å²) in [5.41, 5.74) is 0.218. The van der Waals surface area contributed by atoms with Gasteiger partial charge in [0.25, 0.3) is 0 Å². The van der Waals surface area contributed by atoms with Gasteiger partial charge in [0.15, 0.2) is 5.16 Å². The van der Waals surface area contributed by atoms with Crippen molar-refractivity contribution < 1.29 is 9.50 Å². The summed E-state index contributed by atoms with van der Waals surface area (Å²) in [6, 6.07) is 4.53. The highest BCUT2D eigenvalue weighted by Gasteiger charge is 2.13. The molecule has 5 nitrogen and oxygen atoms in total. The number of halogens is 1. The zero-order valence-electron chi connectivity index (χ0n) is 11.3. The first-order valence-corrected chi connectivity index (χ1v) is 7.15. The van der Waals surface area contributed by atoms with Gasteiger partial charge in [0, 0.05) is 6.54 Å². The second-order valence-electron chi connectivity index (χ2n) is 4.43. The maximum Gasteiger partial charge on any atom is 0.343 e. The Bertz CT molecular complexity index is 651. The number of nitrogens with zero attached hydrogens (tertiary/aromatic N) is 2. The Labute approximate surface area is 119 Å². The van der Waals surface area contributed by atoms with E-state index in [-0.39, 0.29) is 5.69 Å². The number of aliphatic hydroxyl groups is 1. The Morgan fingerprint density at radius 1 is 1.55 bits per heavy atom. The molecule has 0 saturated carbocycles. The predicted octanol–water partition coefficient (Wildman–Crippen LogP) is 2.32. The summed E-state index contributed by atoms with van der Waals surface area (Å²) in [6.07, 6.45) is 0.0726. The first-order valence-electron chi connectivity index (χ1n) is 6.33. The molecule has 0 bridgehead atoms. The minimum absolute atomic E-state index is 0.296. The molecule has 1 aromatic carbocycles. The van der Waals surface area contributed by atoms with Crippen LogP contribution >= 0.6 is 11.8 Å².